The summed E-state index contributed by atoms with van der Waals surface area (Å²) in [6, 6.07) is 6.07. The van der Waals surface area contributed by atoms with Gasteiger partial charge in [-0.1, -0.05) is 0 Å². The molecule has 5 nitrogen and oxygen atoms in total. The first-order valence-electron chi connectivity index (χ1n) is 5.96. The monoisotopic (exact) mass is 320 g/mol. The van der Waals surface area contributed by atoms with E-state index in [9.17, 15) is 17.6 Å². The Morgan fingerprint density at radius 3 is 2.50 bits per heavy atom. The van der Waals surface area contributed by atoms with E-state index in [1.165, 1.54) is 23.9 Å². The highest BCUT2D eigenvalue weighted by Crippen LogP contribution is 2.18. The summed E-state index contributed by atoms with van der Waals surface area (Å²) < 4.78 is 36.5. The van der Waals surface area contributed by atoms with Crippen molar-refractivity contribution in [1.29, 1.82) is 0 Å². The molecule has 1 amide bonds. The van der Waals surface area contributed by atoms with Crippen LogP contribution in [-0.4, -0.2) is 39.4 Å². The lowest BCUT2D eigenvalue weighted by Crippen LogP contribution is -2.34. The number of rotatable bonds is 8. The van der Waals surface area contributed by atoms with Crippen LogP contribution in [0.15, 0.2) is 29.2 Å². The third-order valence-corrected chi connectivity index (χ3v) is 3.97. The molecule has 2 N–H and O–H groups in total. The molecule has 1 aromatic carbocycles. The van der Waals surface area contributed by atoms with Gasteiger partial charge in [-0.2, -0.15) is 0 Å². The first-order chi connectivity index (χ1) is 9.37. The quantitative estimate of drug-likeness (QED) is 0.553. The molecule has 0 fully saturated rings. The van der Waals surface area contributed by atoms with E-state index >= 15 is 0 Å². The number of benzene rings is 1. The minimum atomic E-state index is -3.21. The minimum absolute atomic E-state index is 0.144. The molecule has 8 heteroatoms. The van der Waals surface area contributed by atoms with E-state index in [1.807, 2.05) is 0 Å². The molecule has 1 rings (SSSR count). The summed E-state index contributed by atoms with van der Waals surface area (Å²) >= 11 is 1.46. The smallest absolute Gasteiger partial charge is 0.220 e. The van der Waals surface area contributed by atoms with E-state index in [1.54, 1.807) is 12.1 Å². The highest BCUT2D eigenvalue weighted by Gasteiger charge is 2.03. The predicted molar refractivity (Wildman–Crippen MR) is 77.6 cm³/mol. The lowest BCUT2D eigenvalue weighted by molar-refractivity contribution is -0.120. The molecule has 20 heavy (non-hydrogen) atoms. The minimum Gasteiger partial charge on any atom is -0.355 e. The lowest BCUT2D eigenvalue weighted by Gasteiger charge is -2.05. The average Bonchev–Trinajstić information content (AvgIpc) is 2.36. The number of nitrogens with one attached hydrogen (secondary N) is 2. The van der Waals surface area contributed by atoms with Crippen molar-refractivity contribution in [1.82, 2.24) is 10.0 Å². The highest BCUT2D eigenvalue weighted by molar-refractivity contribution is 7.99. The van der Waals surface area contributed by atoms with Crippen LogP contribution in [0.5, 0.6) is 0 Å². The second kappa shape index (κ2) is 8.23. The van der Waals surface area contributed by atoms with Gasteiger partial charge in [0.05, 0.1) is 6.26 Å². The number of hydrogen-bond acceptors (Lipinski definition) is 4. The van der Waals surface area contributed by atoms with E-state index in [4.69, 9.17) is 0 Å². The maximum atomic E-state index is 12.7. The second-order valence-electron chi connectivity index (χ2n) is 4.07. The van der Waals surface area contributed by atoms with Crippen LogP contribution >= 0.6 is 11.8 Å². The summed E-state index contributed by atoms with van der Waals surface area (Å²) in [5.41, 5.74) is 0. The molecule has 0 radical (unpaired) electrons. The standard InChI is InChI=1S/C12H17FN2O3S2/c1-20(17,18)15-8-7-14-12(16)6-9-19-11-4-2-10(13)3-5-11/h2-5,15H,6-9H2,1H3,(H,14,16). The van der Waals surface area contributed by atoms with Crippen molar-refractivity contribution in [2.45, 2.75) is 11.3 Å². The number of halogens is 1. The number of hydrogen-bond donors (Lipinski definition) is 2. The van der Waals surface area contributed by atoms with Gasteiger partial charge in [0, 0.05) is 30.2 Å². The third kappa shape index (κ3) is 8.13. The van der Waals surface area contributed by atoms with E-state index in [0.717, 1.165) is 11.2 Å². The summed E-state index contributed by atoms with van der Waals surface area (Å²) in [5, 5.41) is 2.61. The van der Waals surface area contributed by atoms with Gasteiger partial charge in [0.1, 0.15) is 5.82 Å². The molecule has 112 valence electrons. The predicted octanol–water partition coefficient (Wildman–Crippen LogP) is 0.973. The van der Waals surface area contributed by atoms with Crippen LogP contribution in [-0.2, 0) is 14.8 Å². The van der Waals surface area contributed by atoms with Crippen molar-refractivity contribution in [2.24, 2.45) is 0 Å². The first-order valence-corrected chi connectivity index (χ1v) is 8.84. The van der Waals surface area contributed by atoms with E-state index in [2.05, 4.69) is 10.0 Å². The topological polar surface area (TPSA) is 75.3 Å². The van der Waals surface area contributed by atoms with Crippen molar-refractivity contribution >= 4 is 27.7 Å². The van der Waals surface area contributed by atoms with Crippen LogP contribution in [0.4, 0.5) is 4.39 Å². The van der Waals surface area contributed by atoms with Crippen molar-refractivity contribution in [3.05, 3.63) is 30.1 Å². The van der Waals surface area contributed by atoms with Crippen molar-refractivity contribution < 1.29 is 17.6 Å². The SMILES string of the molecule is CS(=O)(=O)NCCNC(=O)CCSc1ccc(F)cc1. The second-order valence-corrected chi connectivity index (χ2v) is 7.07. The highest BCUT2D eigenvalue weighted by atomic mass is 32.2. The Morgan fingerprint density at radius 2 is 1.90 bits per heavy atom. The average molecular weight is 320 g/mol. The zero-order valence-electron chi connectivity index (χ0n) is 11.1. The zero-order chi connectivity index (χ0) is 15.0. The van der Waals surface area contributed by atoms with Gasteiger partial charge >= 0.3 is 0 Å². The molecule has 0 aliphatic carbocycles. The molecule has 0 aliphatic rings. The van der Waals surface area contributed by atoms with Gasteiger partial charge in [0.25, 0.3) is 0 Å². The number of thioether (sulfide) groups is 1. The third-order valence-electron chi connectivity index (χ3n) is 2.22. The Bertz CT molecular complexity index is 532. The Labute approximate surface area is 122 Å². The molecular formula is C12H17FN2O3S2. The molecule has 0 bridgehead atoms. The summed E-state index contributed by atoms with van der Waals surface area (Å²) in [5.74, 6) is 0.150. The van der Waals surface area contributed by atoms with Crippen LogP contribution in [0, 0.1) is 5.82 Å². The molecule has 0 atom stereocenters. The Kier molecular flexibility index (Phi) is 6.97. The number of sulfonamides is 1. The van der Waals surface area contributed by atoms with Gasteiger partial charge in [-0.3, -0.25) is 4.79 Å². The van der Waals surface area contributed by atoms with Crippen molar-refractivity contribution in [2.75, 3.05) is 25.1 Å². The lowest BCUT2D eigenvalue weighted by atomic mass is 10.4. The molecule has 0 unspecified atom stereocenters. The van der Waals surface area contributed by atoms with E-state index in [0.29, 0.717) is 12.2 Å². The molecular weight excluding hydrogens is 303 g/mol. The number of carbonyl (C=O) groups excluding carboxylic acids is 1. The molecule has 0 spiro atoms. The normalized spacial score (nSPS) is 11.3. The summed E-state index contributed by atoms with van der Waals surface area (Å²) in [6.45, 7) is 0.433. The number of carbonyl (C=O) groups is 1. The largest absolute Gasteiger partial charge is 0.355 e. The molecule has 0 heterocycles. The van der Waals surface area contributed by atoms with Gasteiger partial charge in [-0.25, -0.2) is 17.5 Å². The Balaban J connectivity index is 2.12. The van der Waals surface area contributed by atoms with Gasteiger partial charge in [0.15, 0.2) is 0 Å². The fourth-order valence-electron chi connectivity index (χ4n) is 1.32. The van der Waals surface area contributed by atoms with Crippen LogP contribution in [0.1, 0.15) is 6.42 Å². The van der Waals surface area contributed by atoms with E-state index < -0.39 is 10.0 Å². The van der Waals surface area contributed by atoms with Gasteiger partial charge in [0.2, 0.25) is 15.9 Å². The van der Waals surface area contributed by atoms with Crippen molar-refractivity contribution in [3.63, 3.8) is 0 Å². The van der Waals surface area contributed by atoms with Crippen LogP contribution in [0.2, 0.25) is 0 Å². The zero-order valence-corrected chi connectivity index (χ0v) is 12.7. The fraction of sp³-hybridized carbons (Fsp3) is 0.417. The summed E-state index contributed by atoms with van der Waals surface area (Å²) in [4.78, 5) is 12.4. The van der Waals surface area contributed by atoms with E-state index in [-0.39, 0.29) is 24.8 Å². The van der Waals surface area contributed by atoms with Crippen molar-refractivity contribution in [3.8, 4) is 0 Å². The molecule has 0 saturated heterocycles. The van der Waals surface area contributed by atoms with Gasteiger partial charge < -0.3 is 5.32 Å². The first kappa shape index (κ1) is 16.9. The summed E-state index contributed by atoms with van der Waals surface area (Å²) in [6.07, 6.45) is 1.38. The van der Waals surface area contributed by atoms with Crippen LogP contribution < -0.4 is 10.0 Å². The Hall–Kier alpha value is -1.12. The number of amides is 1. The van der Waals surface area contributed by atoms with Crippen LogP contribution in [0.25, 0.3) is 0 Å². The van der Waals surface area contributed by atoms with Gasteiger partial charge in [-0.15, -0.1) is 11.8 Å². The fourth-order valence-corrected chi connectivity index (χ4v) is 2.64. The summed E-state index contributed by atoms with van der Waals surface area (Å²) in [7, 11) is -3.21. The van der Waals surface area contributed by atoms with Gasteiger partial charge in [-0.05, 0) is 24.3 Å². The Morgan fingerprint density at radius 1 is 1.25 bits per heavy atom. The molecule has 0 saturated carbocycles. The maximum absolute atomic E-state index is 12.7. The van der Waals surface area contributed by atoms with Crippen LogP contribution in [0.3, 0.4) is 0 Å². The molecule has 1 aromatic rings. The molecule has 0 aliphatic heterocycles. The molecule has 0 aromatic heterocycles. The maximum Gasteiger partial charge on any atom is 0.220 e.